The molecule has 0 spiro atoms. The third kappa shape index (κ3) is 2.98. The first-order chi connectivity index (χ1) is 8.16. The molecule has 0 amide bonds. The van der Waals surface area contributed by atoms with Gasteiger partial charge in [-0.15, -0.1) is 5.10 Å². The Bertz CT molecular complexity index is 569. The summed E-state index contributed by atoms with van der Waals surface area (Å²) in [7, 11) is 0. The van der Waals surface area contributed by atoms with Crippen molar-refractivity contribution in [2.45, 2.75) is 10.9 Å². The lowest BCUT2D eigenvalue weighted by Crippen LogP contribution is -2.29. The Labute approximate surface area is 107 Å². The Morgan fingerprint density at radius 1 is 1.35 bits per heavy atom. The maximum atomic E-state index is 11.2. The Morgan fingerprint density at radius 2 is 2.06 bits per heavy atom. The molecule has 7 heteroatoms. The topological polar surface area (TPSA) is 73.8 Å². The third-order valence-electron chi connectivity index (χ3n) is 2.04. The fourth-order valence-electron chi connectivity index (χ4n) is 1.16. The summed E-state index contributed by atoms with van der Waals surface area (Å²) < 4.78 is 0.980. The molecular weight excluding hydrogens is 260 g/mol. The number of nitrogens with zero attached hydrogens (tertiary/aromatic N) is 3. The summed E-state index contributed by atoms with van der Waals surface area (Å²) >= 11 is 7.12. The van der Waals surface area contributed by atoms with Crippen molar-refractivity contribution in [1.29, 1.82) is 0 Å². The van der Waals surface area contributed by atoms with Crippen LogP contribution in [0.1, 0.15) is 5.56 Å². The van der Waals surface area contributed by atoms with Gasteiger partial charge in [0, 0.05) is 10.8 Å². The van der Waals surface area contributed by atoms with Crippen LogP contribution in [0.5, 0.6) is 0 Å². The molecule has 1 aromatic carbocycles. The van der Waals surface area contributed by atoms with Crippen molar-refractivity contribution in [3.8, 4) is 0 Å². The molecule has 17 heavy (non-hydrogen) atoms. The first-order valence-corrected chi connectivity index (χ1v) is 6.10. The standard InChI is InChI=1S/C10H9ClN4OS/c11-8-3-1-7(2-4-8)6-17-10-14-13-5-9(16)15(10)12/h1-5H,6,12H2. The second-order valence-electron chi connectivity index (χ2n) is 3.25. The van der Waals surface area contributed by atoms with Gasteiger partial charge in [0.25, 0.3) is 5.56 Å². The zero-order valence-corrected chi connectivity index (χ0v) is 10.3. The summed E-state index contributed by atoms with van der Waals surface area (Å²) in [5.74, 6) is 6.18. The lowest BCUT2D eigenvalue weighted by Gasteiger charge is -2.04. The van der Waals surface area contributed by atoms with Gasteiger partial charge in [0.2, 0.25) is 5.16 Å². The Balaban J connectivity index is 2.10. The van der Waals surface area contributed by atoms with Gasteiger partial charge >= 0.3 is 0 Å². The number of halogens is 1. The highest BCUT2D eigenvalue weighted by Crippen LogP contribution is 2.19. The number of nitrogens with two attached hydrogens (primary N) is 1. The molecule has 1 heterocycles. The highest BCUT2D eigenvalue weighted by molar-refractivity contribution is 7.98. The molecule has 5 nitrogen and oxygen atoms in total. The molecule has 0 aliphatic heterocycles. The van der Waals surface area contributed by atoms with Crippen molar-refractivity contribution in [1.82, 2.24) is 14.9 Å². The minimum atomic E-state index is -0.376. The van der Waals surface area contributed by atoms with E-state index in [1.54, 1.807) is 0 Å². The van der Waals surface area contributed by atoms with Crippen LogP contribution in [0.25, 0.3) is 0 Å². The van der Waals surface area contributed by atoms with Crippen LogP contribution in [0.2, 0.25) is 5.02 Å². The second kappa shape index (κ2) is 5.20. The molecule has 2 aromatic rings. The third-order valence-corrected chi connectivity index (χ3v) is 3.30. The molecule has 0 saturated carbocycles. The minimum Gasteiger partial charge on any atom is -0.334 e. The molecule has 0 aliphatic carbocycles. The molecule has 0 unspecified atom stereocenters. The predicted octanol–water partition coefficient (Wildman–Crippen LogP) is 1.30. The van der Waals surface area contributed by atoms with E-state index < -0.39 is 0 Å². The van der Waals surface area contributed by atoms with Gasteiger partial charge in [-0.1, -0.05) is 35.5 Å². The number of rotatable bonds is 3. The molecular formula is C10H9ClN4OS. The Hall–Kier alpha value is -1.53. The van der Waals surface area contributed by atoms with E-state index in [9.17, 15) is 4.79 Å². The molecule has 0 fully saturated rings. The maximum absolute atomic E-state index is 11.2. The molecule has 0 aliphatic rings. The fourth-order valence-corrected chi connectivity index (χ4v) is 2.11. The number of benzene rings is 1. The van der Waals surface area contributed by atoms with E-state index in [4.69, 9.17) is 17.4 Å². The number of hydrogen-bond donors (Lipinski definition) is 1. The van der Waals surface area contributed by atoms with Gasteiger partial charge in [0.05, 0.1) is 0 Å². The lowest BCUT2D eigenvalue weighted by molar-refractivity contribution is 0.698. The SMILES string of the molecule is Nn1c(SCc2ccc(Cl)cc2)nncc1=O. The van der Waals surface area contributed by atoms with Crippen molar-refractivity contribution < 1.29 is 0 Å². The van der Waals surface area contributed by atoms with Crippen molar-refractivity contribution in [3.63, 3.8) is 0 Å². The van der Waals surface area contributed by atoms with Crippen LogP contribution in [0.4, 0.5) is 0 Å². The Kier molecular flexibility index (Phi) is 3.65. The molecule has 2 N–H and O–H groups in total. The summed E-state index contributed by atoms with van der Waals surface area (Å²) in [6.45, 7) is 0. The summed E-state index contributed by atoms with van der Waals surface area (Å²) in [4.78, 5) is 11.2. The van der Waals surface area contributed by atoms with Crippen molar-refractivity contribution >= 4 is 23.4 Å². The maximum Gasteiger partial charge on any atom is 0.291 e. The van der Waals surface area contributed by atoms with E-state index in [-0.39, 0.29) is 5.56 Å². The minimum absolute atomic E-state index is 0.376. The van der Waals surface area contributed by atoms with Gasteiger partial charge < -0.3 is 5.84 Å². The zero-order chi connectivity index (χ0) is 12.3. The number of nitrogen functional groups attached to an aromatic ring is 1. The van der Waals surface area contributed by atoms with E-state index in [1.165, 1.54) is 11.8 Å². The van der Waals surface area contributed by atoms with Crippen LogP contribution in [-0.2, 0) is 5.75 Å². The smallest absolute Gasteiger partial charge is 0.291 e. The average Bonchev–Trinajstić information content (AvgIpc) is 2.33. The number of hydrogen-bond acceptors (Lipinski definition) is 5. The van der Waals surface area contributed by atoms with Gasteiger partial charge in [-0.3, -0.25) is 4.79 Å². The average molecular weight is 269 g/mol. The summed E-state index contributed by atoms with van der Waals surface area (Å²) in [6.07, 6.45) is 1.08. The molecule has 1 aromatic heterocycles. The van der Waals surface area contributed by atoms with Crippen LogP contribution in [-0.4, -0.2) is 14.9 Å². The van der Waals surface area contributed by atoms with Crippen molar-refractivity contribution in [3.05, 3.63) is 51.4 Å². The van der Waals surface area contributed by atoms with Crippen molar-refractivity contribution in [2.24, 2.45) is 0 Å². The predicted molar refractivity (Wildman–Crippen MR) is 67.5 cm³/mol. The van der Waals surface area contributed by atoms with E-state index in [0.29, 0.717) is 15.9 Å². The summed E-state index contributed by atoms with van der Waals surface area (Å²) in [6, 6.07) is 7.43. The van der Waals surface area contributed by atoms with Gasteiger partial charge in [0.15, 0.2) is 0 Å². The van der Waals surface area contributed by atoms with E-state index in [2.05, 4.69) is 10.2 Å². The largest absolute Gasteiger partial charge is 0.334 e. The first kappa shape index (κ1) is 11.9. The molecule has 0 radical (unpaired) electrons. The quantitative estimate of drug-likeness (QED) is 0.671. The molecule has 0 bridgehead atoms. The van der Waals surface area contributed by atoms with Crippen LogP contribution >= 0.6 is 23.4 Å². The van der Waals surface area contributed by atoms with Crippen molar-refractivity contribution in [2.75, 3.05) is 5.84 Å². The molecule has 88 valence electrons. The number of thioether (sulfide) groups is 1. The van der Waals surface area contributed by atoms with Gasteiger partial charge in [-0.25, -0.2) is 0 Å². The van der Waals surface area contributed by atoms with Gasteiger partial charge in [-0.05, 0) is 17.7 Å². The molecule has 2 rings (SSSR count). The second-order valence-corrected chi connectivity index (χ2v) is 4.63. The van der Waals surface area contributed by atoms with Crippen LogP contribution < -0.4 is 11.4 Å². The van der Waals surface area contributed by atoms with Gasteiger partial charge in [-0.2, -0.15) is 9.77 Å². The zero-order valence-electron chi connectivity index (χ0n) is 8.71. The van der Waals surface area contributed by atoms with E-state index in [1.807, 2.05) is 24.3 Å². The fraction of sp³-hybridized carbons (Fsp3) is 0.100. The number of aromatic nitrogens is 3. The van der Waals surface area contributed by atoms with Crippen LogP contribution in [0.15, 0.2) is 40.4 Å². The highest BCUT2D eigenvalue weighted by Gasteiger charge is 2.04. The van der Waals surface area contributed by atoms with Crippen LogP contribution in [0, 0.1) is 0 Å². The summed E-state index contributed by atoms with van der Waals surface area (Å²) in [5.41, 5.74) is 0.691. The summed E-state index contributed by atoms with van der Waals surface area (Å²) in [5, 5.41) is 8.43. The van der Waals surface area contributed by atoms with Crippen LogP contribution in [0.3, 0.4) is 0 Å². The molecule has 0 atom stereocenters. The monoisotopic (exact) mass is 268 g/mol. The Morgan fingerprint density at radius 3 is 2.76 bits per heavy atom. The van der Waals surface area contributed by atoms with E-state index in [0.717, 1.165) is 16.4 Å². The van der Waals surface area contributed by atoms with E-state index >= 15 is 0 Å². The highest BCUT2D eigenvalue weighted by atomic mass is 35.5. The van der Waals surface area contributed by atoms with Gasteiger partial charge in [0.1, 0.15) is 6.20 Å². The lowest BCUT2D eigenvalue weighted by atomic mass is 10.2. The first-order valence-electron chi connectivity index (χ1n) is 4.74. The normalized spacial score (nSPS) is 10.4. The molecule has 0 saturated heterocycles.